The summed E-state index contributed by atoms with van der Waals surface area (Å²) in [4.78, 5) is 23.4. The van der Waals surface area contributed by atoms with E-state index in [1.54, 1.807) is 0 Å². The van der Waals surface area contributed by atoms with Crippen molar-refractivity contribution in [2.24, 2.45) is 0 Å². The second-order valence-electron chi connectivity index (χ2n) is 5.29. The number of sulfone groups is 1. The molecule has 6 nitrogen and oxygen atoms in total. The lowest BCUT2D eigenvalue weighted by molar-refractivity contribution is -0.142. The van der Waals surface area contributed by atoms with Crippen LogP contribution >= 0.6 is 0 Å². The Balaban J connectivity index is 2.24. The van der Waals surface area contributed by atoms with Crippen molar-refractivity contribution in [1.82, 2.24) is 5.32 Å². The summed E-state index contributed by atoms with van der Waals surface area (Å²) in [6, 6.07) is 2.27. The molecule has 0 aromatic heterocycles. The van der Waals surface area contributed by atoms with Crippen LogP contribution in [-0.2, 0) is 19.4 Å². The average Bonchev–Trinajstić information content (AvgIpc) is 2.78. The van der Waals surface area contributed by atoms with E-state index in [-0.39, 0.29) is 23.3 Å². The number of halogens is 1. The molecule has 1 amide bonds. The molecule has 1 aliphatic rings. The number of aliphatic carboxylic acids is 1. The molecule has 1 heterocycles. The third kappa shape index (κ3) is 3.27. The molecular formula is C14H16FNO5S. The highest BCUT2D eigenvalue weighted by Crippen LogP contribution is 2.22. The van der Waals surface area contributed by atoms with Crippen LogP contribution in [0.3, 0.4) is 0 Å². The Morgan fingerprint density at radius 3 is 2.59 bits per heavy atom. The van der Waals surface area contributed by atoms with Gasteiger partial charge in [-0.05, 0) is 37.0 Å². The zero-order valence-electron chi connectivity index (χ0n) is 11.9. The number of carboxylic acids is 1. The number of nitrogens with one attached hydrogen (secondary N) is 1. The lowest BCUT2D eigenvalue weighted by Crippen LogP contribution is -2.42. The van der Waals surface area contributed by atoms with E-state index in [2.05, 4.69) is 5.32 Å². The predicted octanol–water partition coefficient (Wildman–Crippen LogP) is 0.953. The lowest BCUT2D eigenvalue weighted by Gasteiger charge is -2.18. The molecule has 0 aliphatic carbocycles. The molecule has 0 spiro atoms. The Morgan fingerprint density at radius 2 is 2.09 bits per heavy atom. The van der Waals surface area contributed by atoms with Gasteiger partial charge in [0.25, 0.3) is 0 Å². The van der Waals surface area contributed by atoms with E-state index in [0.717, 1.165) is 6.07 Å². The SMILES string of the molecule is Cc1cc(C(NC(=O)C2CCCS2(=O)=O)C(=O)O)ccc1F. The summed E-state index contributed by atoms with van der Waals surface area (Å²) < 4.78 is 36.7. The van der Waals surface area contributed by atoms with E-state index in [4.69, 9.17) is 0 Å². The molecule has 2 N–H and O–H groups in total. The van der Waals surface area contributed by atoms with E-state index in [0.29, 0.717) is 6.42 Å². The van der Waals surface area contributed by atoms with Gasteiger partial charge in [0.15, 0.2) is 15.9 Å². The quantitative estimate of drug-likeness (QED) is 0.857. The monoisotopic (exact) mass is 329 g/mol. The van der Waals surface area contributed by atoms with E-state index in [9.17, 15) is 27.5 Å². The number of hydrogen-bond acceptors (Lipinski definition) is 4. The van der Waals surface area contributed by atoms with Crippen molar-refractivity contribution in [3.05, 3.63) is 35.1 Å². The number of carboxylic acid groups (broad SMARTS) is 1. The maximum atomic E-state index is 13.3. The van der Waals surface area contributed by atoms with Crippen LogP contribution in [0.2, 0.25) is 0 Å². The molecule has 1 aromatic rings. The third-order valence-corrected chi connectivity index (χ3v) is 5.84. The van der Waals surface area contributed by atoms with Crippen LogP contribution < -0.4 is 5.32 Å². The fourth-order valence-electron chi connectivity index (χ4n) is 2.46. The van der Waals surface area contributed by atoms with Gasteiger partial charge in [0.05, 0.1) is 5.75 Å². The first-order chi connectivity index (χ1) is 10.2. The first-order valence-corrected chi connectivity index (χ1v) is 8.44. The van der Waals surface area contributed by atoms with Gasteiger partial charge in [0.1, 0.15) is 11.1 Å². The fourth-order valence-corrected chi connectivity index (χ4v) is 4.23. The molecule has 0 radical (unpaired) electrons. The molecule has 1 aromatic carbocycles. The zero-order valence-corrected chi connectivity index (χ0v) is 12.7. The zero-order chi connectivity index (χ0) is 16.5. The summed E-state index contributed by atoms with van der Waals surface area (Å²) in [7, 11) is -3.52. The van der Waals surface area contributed by atoms with E-state index >= 15 is 0 Å². The smallest absolute Gasteiger partial charge is 0.330 e. The molecule has 120 valence electrons. The number of hydrogen-bond donors (Lipinski definition) is 2. The van der Waals surface area contributed by atoms with Gasteiger partial charge in [0.2, 0.25) is 5.91 Å². The van der Waals surface area contributed by atoms with Gasteiger partial charge in [-0.1, -0.05) is 12.1 Å². The molecule has 1 fully saturated rings. The number of carbonyl (C=O) groups excluding carboxylic acids is 1. The van der Waals surface area contributed by atoms with E-state index in [1.807, 2.05) is 0 Å². The highest BCUT2D eigenvalue weighted by atomic mass is 32.2. The van der Waals surface area contributed by atoms with Gasteiger partial charge in [-0.3, -0.25) is 4.79 Å². The second-order valence-corrected chi connectivity index (χ2v) is 7.59. The minimum absolute atomic E-state index is 0.0710. The molecule has 0 bridgehead atoms. The van der Waals surface area contributed by atoms with Crippen LogP contribution in [0.1, 0.15) is 30.0 Å². The van der Waals surface area contributed by atoms with E-state index in [1.165, 1.54) is 19.1 Å². The maximum Gasteiger partial charge on any atom is 0.330 e. The van der Waals surface area contributed by atoms with Gasteiger partial charge in [0, 0.05) is 0 Å². The minimum Gasteiger partial charge on any atom is -0.479 e. The summed E-state index contributed by atoms with van der Waals surface area (Å²) >= 11 is 0. The van der Waals surface area contributed by atoms with Gasteiger partial charge in [-0.2, -0.15) is 0 Å². The van der Waals surface area contributed by atoms with Crippen molar-refractivity contribution in [1.29, 1.82) is 0 Å². The van der Waals surface area contributed by atoms with Crippen LogP contribution in [0, 0.1) is 12.7 Å². The number of amides is 1. The van der Waals surface area contributed by atoms with Crippen LogP contribution in [0.4, 0.5) is 4.39 Å². The second kappa shape index (κ2) is 6.04. The highest BCUT2D eigenvalue weighted by molar-refractivity contribution is 7.93. The van der Waals surface area contributed by atoms with Crippen LogP contribution in [-0.4, -0.2) is 36.4 Å². The third-order valence-electron chi connectivity index (χ3n) is 3.67. The predicted molar refractivity (Wildman–Crippen MR) is 76.5 cm³/mol. The van der Waals surface area contributed by atoms with Gasteiger partial charge in [-0.25, -0.2) is 17.6 Å². The van der Waals surface area contributed by atoms with Crippen molar-refractivity contribution in [2.75, 3.05) is 5.75 Å². The standard InChI is InChI=1S/C14H16FNO5S/c1-8-7-9(4-5-10(8)15)12(14(18)19)16-13(17)11-3-2-6-22(11,20)21/h4-5,7,11-12H,2-3,6H2,1H3,(H,16,17)(H,18,19). The van der Waals surface area contributed by atoms with E-state index < -0.39 is 38.8 Å². The van der Waals surface area contributed by atoms with Crippen LogP contribution in [0.25, 0.3) is 0 Å². The summed E-state index contributed by atoms with van der Waals surface area (Å²) in [6.07, 6.45) is 0.566. The highest BCUT2D eigenvalue weighted by Gasteiger charge is 2.38. The van der Waals surface area contributed by atoms with Gasteiger partial charge < -0.3 is 10.4 Å². The van der Waals surface area contributed by atoms with Crippen molar-refractivity contribution in [2.45, 2.75) is 31.1 Å². The molecule has 8 heteroatoms. The maximum absolute atomic E-state index is 13.3. The molecule has 2 unspecified atom stereocenters. The lowest BCUT2D eigenvalue weighted by atomic mass is 10.0. The molecular weight excluding hydrogens is 313 g/mol. The number of rotatable bonds is 4. The molecule has 0 saturated carbocycles. The number of carbonyl (C=O) groups is 2. The summed E-state index contributed by atoms with van der Waals surface area (Å²) in [6.45, 7) is 1.47. The summed E-state index contributed by atoms with van der Waals surface area (Å²) in [5, 5.41) is 10.3. The first-order valence-electron chi connectivity index (χ1n) is 6.73. The Morgan fingerprint density at radius 1 is 1.41 bits per heavy atom. The van der Waals surface area contributed by atoms with Crippen LogP contribution in [0.15, 0.2) is 18.2 Å². The Hall–Kier alpha value is -1.96. The molecule has 1 saturated heterocycles. The van der Waals surface area contributed by atoms with Crippen molar-refractivity contribution in [3.63, 3.8) is 0 Å². The Labute approximate surface area is 127 Å². The minimum atomic E-state index is -3.52. The Bertz CT molecular complexity index is 716. The van der Waals surface area contributed by atoms with Crippen LogP contribution in [0.5, 0.6) is 0 Å². The summed E-state index contributed by atoms with van der Waals surface area (Å²) in [5.74, 6) is -2.72. The topological polar surface area (TPSA) is 101 Å². The molecule has 22 heavy (non-hydrogen) atoms. The largest absolute Gasteiger partial charge is 0.479 e. The number of benzene rings is 1. The van der Waals surface area contributed by atoms with Crippen molar-refractivity contribution >= 4 is 21.7 Å². The van der Waals surface area contributed by atoms with Crippen molar-refractivity contribution < 1.29 is 27.5 Å². The summed E-state index contributed by atoms with van der Waals surface area (Å²) in [5.41, 5.74) is 0.432. The van der Waals surface area contributed by atoms with Gasteiger partial charge in [-0.15, -0.1) is 0 Å². The number of aryl methyl sites for hydroxylation is 1. The molecule has 2 atom stereocenters. The molecule has 1 aliphatic heterocycles. The van der Waals surface area contributed by atoms with Gasteiger partial charge >= 0.3 is 5.97 Å². The first kappa shape index (κ1) is 16.4. The van der Waals surface area contributed by atoms with Crippen molar-refractivity contribution in [3.8, 4) is 0 Å². The fraction of sp³-hybridized carbons (Fsp3) is 0.429. The average molecular weight is 329 g/mol. The normalized spacial score (nSPS) is 21.3. The molecule has 2 rings (SSSR count). The Kier molecular flexibility index (Phi) is 4.50.